The van der Waals surface area contributed by atoms with Crippen LogP contribution in [0.4, 0.5) is 0 Å². The first-order valence-electron chi connectivity index (χ1n) is 8.02. The predicted molar refractivity (Wildman–Crippen MR) is 91.1 cm³/mol. The van der Waals surface area contributed by atoms with E-state index in [4.69, 9.17) is 18.9 Å². The molecule has 0 radical (unpaired) electrons. The number of carbonyl (C=O) groups is 3. The molecule has 0 aliphatic carbocycles. The van der Waals surface area contributed by atoms with Gasteiger partial charge in [0.05, 0.1) is 11.1 Å². The summed E-state index contributed by atoms with van der Waals surface area (Å²) in [5.41, 5.74) is -0.694. The minimum atomic E-state index is -0.995. The van der Waals surface area contributed by atoms with E-state index < -0.39 is 47.8 Å². The van der Waals surface area contributed by atoms with Gasteiger partial charge >= 0.3 is 17.9 Å². The maximum atomic E-state index is 11.6. The molecule has 1 saturated heterocycles. The molecular weight excluding hydrogens is 362 g/mol. The van der Waals surface area contributed by atoms with Crippen LogP contribution in [0.3, 0.4) is 0 Å². The summed E-state index contributed by atoms with van der Waals surface area (Å²) in [6.45, 7) is 5.41. The van der Waals surface area contributed by atoms with Crippen molar-refractivity contribution in [3.63, 3.8) is 0 Å². The fourth-order valence-electron chi connectivity index (χ4n) is 2.60. The third-order valence-corrected chi connectivity index (χ3v) is 4.60. The van der Waals surface area contributed by atoms with E-state index in [9.17, 15) is 14.4 Å². The van der Waals surface area contributed by atoms with Crippen LogP contribution in [0.5, 0.6) is 0 Å². The van der Waals surface area contributed by atoms with Gasteiger partial charge in [-0.05, 0) is 19.1 Å². The van der Waals surface area contributed by atoms with Crippen LogP contribution in [-0.4, -0.2) is 52.7 Å². The number of nitrogens with zero attached hydrogens (tertiary/aromatic N) is 1. The molecular formula is C17H21NO7S. The van der Waals surface area contributed by atoms with Crippen molar-refractivity contribution in [2.45, 2.75) is 62.6 Å². The molecule has 5 atom stereocenters. The van der Waals surface area contributed by atoms with Crippen molar-refractivity contribution in [1.29, 1.82) is 0 Å². The Labute approximate surface area is 155 Å². The molecule has 142 valence electrons. The Kier molecular flexibility index (Phi) is 6.98. The number of esters is 3. The lowest BCUT2D eigenvalue weighted by atomic mass is 10.00. The second-order valence-electron chi connectivity index (χ2n) is 5.72. The lowest BCUT2D eigenvalue weighted by Crippen LogP contribution is -2.59. The van der Waals surface area contributed by atoms with Gasteiger partial charge in [-0.3, -0.25) is 14.4 Å². The van der Waals surface area contributed by atoms with Gasteiger partial charge in [-0.2, -0.15) is 0 Å². The molecule has 0 saturated carbocycles. The SMILES string of the molecule is CC(=O)O[C@@H]1[C@H](OC(C)=O)[C@@H](C)O[C@@H](Sc2ccccn2)[C@H]1OC(C)=O. The number of pyridine rings is 1. The van der Waals surface area contributed by atoms with E-state index >= 15 is 0 Å². The summed E-state index contributed by atoms with van der Waals surface area (Å²) in [6.07, 6.45) is -1.83. The van der Waals surface area contributed by atoms with Crippen LogP contribution in [0.15, 0.2) is 29.4 Å². The summed E-state index contributed by atoms with van der Waals surface area (Å²) in [7, 11) is 0. The van der Waals surface area contributed by atoms with Crippen molar-refractivity contribution in [2.24, 2.45) is 0 Å². The summed E-state index contributed by atoms with van der Waals surface area (Å²) in [4.78, 5) is 38.8. The van der Waals surface area contributed by atoms with Gasteiger partial charge in [0.2, 0.25) is 0 Å². The van der Waals surface area contributed by atoms with Gasteiger partial charge in [0.15, 0.2) is 18.3 Å². The lowest BCUT2D eigenvalue weighted by molar-refractivity contribution is -0.229. The quantitative estimate of drug-likeness (QED) is 0.555. The minimum absolute atomic E-state index is 0.556. The van der Waals surface area contributed by atoms with Crippen molar-refractivity contribution in [2.75, 3.05) is 0 Å². The van der Waals surface area contributed by atoms with Crippen LogP contribution in [0.25, 0.3) is 0 Å². The third-order valence-electron chi connectivity index (χ3n) is 3.51. The number of ether oxygens (including phenoxy) is 4. The molecule has 2 heterocycles. The van der Waals surface area contributed by atoms with Crippen LogP contribution in [-0.2, 0) is 33.3 Å². The summed E-state index contributed by atoms with van der Waals surface area (Å²) >= 11 is 1.23. The Morgan fingerprint density at radius 3 is 2.08 bits per heavy atom. The third kappa shape index (κ3) is 5.43. The van der Waals surface area contributed by atoms with E-state index in [1.54, 1.807) is 25.3 Å². The molecule has 1 aliphatic rings. The van der Waals surface area contributed by atoms with Gasteiger partial charge in [-0.25, -0.2) is 4.98 Å². The van der Waals surface area contributed by atoms with Crippen molar-refractivity contribution in [3.05, 3.63) is 24.4 Å². The molecule has 1 aromatic rings. The van der Waals surface area contributed by atoms with Gasteiger partial charge in [0, 0.05) is 27.0 Å². The normalized spacial score (nSPS) is 28.1. The van der Waals surface area contributed by atoms with Gasteiger partial charge in [0.25, 0.3) is 0 Å². The average molecular weight is 383 g/mol. The van der Waals surface area contributed by atoms with Gasteiger partial charge in [-0.1, -0.05) is 17.8 Å². The van der Waals surface area contributed by atoms with E-state index in [0.717, 1.165) is 0 Å². The Bertz CT molecular complexity index is 654. The topological polar surface area (TPSA) is 101 Å². The molecule has 0 amide bonds. The summed E-state index contributed by atoms with van der Waals surface area (Å²) in [5, 5.41) is 0.648. The molecule has 1 aliphatic heterocycles. The van der Waals surface area contributed by atoms with E-state index in [1.807, 2.05) is 6.07 Å². The monoisotopic (exact) mass is 383 g/mol. The highest BCUT2D eigenvalue weighted by molar-refractivity contribution is 7.99. The molecule has 1 aromatic heterocycles. The first-order valence-corrected chi connectivity index (χ1v) is 8.90. The second-order valence-corrected chi connectivity index (χ2v) is 6.84. The molecule has 1 fully saturated rings. The first kappa shape index (κ1) is 20.2. The number of aromatic nitrogens is 1. The van der Waals surface area contributed by atoms with Crippen LogP contribution in [0.2, 0.25) is 0 Å². The van der Waals surface area contributed by atoms with Crippen LogP contribution < -0.4 is 0 Å². The molecule has 8 nitrogen and oxygen atoms in total. The zero-order chi connectivity index (χ0) is 19.3. The molecule has 0 unspecified atom stereocenters. The first-order chi connectivity index (χ1) is 12.3. The summed E-state index contributed by atoms with van der Waals surface area (Å²) in [6, 6.07) is 5.37. The Hall–Kier alpha value is -2.13. The van der Waals surface area contributed by atoms with Crippen molar-refractivity contribution in [3.8, 4) is 0 Å². The van der Waals surface area contributed by atoms with E-state index in [-0.39, 0.29) is 0 Å². The minimum Gasteiger partial charge on any atom is -0.456 e. The highest BCUT2D eigenvalue weighted by atomic mass is 32.2. The maximum absolute atomic E-state index is 11.6. The fraction of sp³-hybridized carbons (Fsp3) is 0.529. The van der Waals surface area contributed by atoms with Gasteiger partial charge in [-0.15, -0.1) is 0 Å². The largest absolute Gasteiger partial charge is 0.456 e. The van der Waals surface area contributed by atoms with Crippen LogP contribution in [0, 0.1) is 0 Å². The molecule has 2 rings (SSSR count). The smallest absolute Gasteiger partial charge is 0.303 e. The summed E-state index contributed by atoms with van der Waals surface area (Å²) < 4.78 is 21.9. The van der Waals surface area contributed by atoms with E-state index in [2.05, 4.69) is 4.98 Å². The number of hydrogen-bond donors (Lipinski definition) is 0. The zero-order valence-electron chi connectivity index (χ0n) is 14.9. The Morgan fingerprint density at radius 1 is 0.962 bits per heavy atom. The predicted octanol–water partition coefficient (Wildman–Crippen LogP) is 1.71. The molecule has 0 bridgehead atoms. The van der Waals surface area contributed by atoms with Crippen molar-refractivity contribution in [1.82, 2.24) is 4.98 Å². The number of rotatable bonds is 5. The number of hydrogen-bond acceptors (Lipinski definition) is 9. The maximum Gasteiger partial charge on any atom is 0.303 e. The summed E-state index contributed by atoms with van der Waals surface area (Å²) in [5.74, 6) is -1.71. The molecule has 9 heteroatoms. The highest BCUT2D eigenvalue weighted by Gasteiger charge is 2.50. The lowest BCUT2D eigenvalue weighted by Gasteiger charge is -2.43. The van der Waals surface area contributed by atoms with Crippen LogP contribution in [0.1, 0.15) is 27.7 Å². The number of carbonyl (C=O) groups excluding carboxylic acids is 3. The zero-order valence-corrected chi connectivity index (χ0v) is 15.7. The van der Waals surface area contributed by atoms with Gasteiger partial charge in [0.1, 0.15) is 5.44 Å². The average Bonchev–Trinajstić information content (AvgIpc) is 2.54. The van der Waals surface area contributed by atoms with E-state index in [0.29, 0.717) is 5.03 Å². The molecule has 0 spiro atoms. The Morgan fingerprint density at radius 2 is 1.54 bits per heavy atom. The molecule has 26 heavy (non-hydrogen) atoms. The highest BCUT2D eigenvalue weighted by Crippen LogP contribution is 2.36. The standard InChI is InChI=1S/C17H21NO7S/c1-9-14(23-10(2)19)15(24-11(3)20)16(25-12(4)21)17(22-9)26-13-7-5-6-8-18-13/h5-9,14-17H,1-4H3/t9-,14-,15-,16+,17+/m1/s1. The molecule has 0 N–H and O–H groups in total. The van der Waals surface area contributed by atoms with Crippen molar-refractivity contribution >= 4 is 29.7 Å². The number of thioether (sulfide) groups is 1. The van der Waals surface area contributed by atoms with Crippen molar-refractivity contribution < 1.29 is 33.3 Å². The Balaban J connectivity index is 2.33. The van der Waals surface area contributed by atoms with Gasteiger partial charge < -0.3 is 18.9 Å². The molecule has 0 aromatic carbocycles. The second kappa shape index (κ2) is 9.00. The van der Waals surface area contributed by atoms with Crippen LogP contribution >= 0.6 is 11.8 Å². The van der Waals surface area contributed by atoms with E-state index in [1.165, 1.54) is 32.5 Å². The fourth-order valence-corrected chi connectivity index (χ4v) is 3.69.